The smallest absolute Gasteiger partial charge is 0.221 e. The van der Waals surface area contributed by atoms with Gasteiger partial charge in [0.15, 0.2) is 9.84 Å². The summed E-state index contributed by atoms with van der Waals surface area (Å²) in [6.45, 7) is 2.12. The van der Waals surface area contributed by atoms with Gasteiger partial charge in [-0.15, -0.1) is 0 Å². The summed E-state index contributed by atoms with van der Waals surface area (Å²) >= 11 is 0. The van der Waals surface area contributed by atoms with Gasteiger partial charge in [0.25, 0.3) is 0 Å². The van der Waals surface area contributed by atoms with Crippen LogP contribution in [0.5, 0.6) is 0 Å². The highest BCUT2D eigenvalue weighted by Crippen LogP contribution is 2.24. The molecule has 1 N–H and O–H groups in total. The van der Waals surface area contributed by atoms with Crippen LogP contribution in [0.4, 0.5) is 5.69 Å². The molecule has 1 atom stereocenters. The Morgan fingerprint density at radius 3 is 2.70 bits per heavy atom. The zero-order valence-electron chi connectivity index (χ0n) is 12.9. The average molecular weight is 333 g/mol. The second kappa shape index (κ2) is 6.16. The van der Waals surface area contributed by atoms with E-state index in [4.69, 9.17) is 0 Å². The minimum Gasteiger partial charge on any atom is -0.331 e. The van der Waals surface area contributed by atoms with E-state index in [0.29, 0.717) is 13.0 Å². The highest BCUT2D eigenvalue weighted by atomic mass is 32.2. The number of nitrogens with one attached hydrogen (secondary N) is 1. The number of hydrogen-bond acceptors (Lipinski definition) is 4. The Morgan fingerprint density at radius 1 is 1.35 bits per heavy atom. The number of sulfone groups is 1. The van der Waals surface area contributed by atoms with E-state index >= 15 is 0 Å². The molecule has 1 aliphatic rings. The number of benzene rings is 1. The van der Waals surface area contributed by atoms with Gasteiger partial charge in [0, 0.05) is 37.1 Å². The van der Waals surface area contributed by atoms with Crippen LogP contribution in [0, 0.1) is 5.92 Å². The first kappa shape index (κ1) is 15.7. The second-order valence-corrected chi connectivity index (χ2v) is 8.16. The first-order chi connectivity index (χ1) is 10.9. The topological polar surface area (TPSA) is 81.1 Å². The molecule has 1 unspecified atom stereocenters. The number of carbonyl (C=O) groups is 1. The van der Waals surface area contributed by atoms with Gasteiger partial charge in [-0.1, -0.05) is 0 Å². The normalized spacial score (nSPS) is 19.6. The molecule has 1 saturated heterocycles. The molecule has 1 aromatic heterocycles. The molecule has 0 aliphatic carbocycles. The van der Waals surface area contributed by atoms with E-state index < -0.39 is 9.84 Å². The third-order valence-electron chi connectivity index (χ3n) is 3.96. The molecule has 0 radical (unpaired) electrons. The van der Waals surface area contributed by atoms with Gasteiger partial charge in [-0.2, -0.15) is 0 Å². The van der Waals surface area contributed by atoms with Crippen molar-refractivity contribution in [3.05, 3.63) is 36.7 Å². The Labute approximate surface area is 135 Å². The minimum absolute atomic E-state index is 0.110. The summed E-state index contributed by atoms with van der Waals surface area (Å²) in [5, 5.41) is 2.73. The van der Waals surface area contributed by atoms with Crippen LogP contribution < -0.4 is 5.32 Å². The van der Waals surface area contributed by atoms with Crippen LogP contribution in [-0.2, 0) is 21.2 Å². The molecule has 6 nitrogen and oxygen atoms in total. The average Bonchev–Trinajstić information content (AvgIpc) is 3.06. The van der Waals surface area contributed by atoms with E-state index in [9.17, 15) is 13.2 Å². The third-order valence-corrected chi connectivity index (χ3v) is 5.80. The monoisotopic (exact) mass is 333 g/mol. The Morgan fingerprint density at radius 2 is 2.09 bits per heavy atom. The molecule has 1 amide bonds. The number of aromatic nitrogens is 2. The van der Waals surface area contributed by atoms with Gasteiger partial charge in [-0.25, -0.2) is 13.4 Å². The molecule has 1 aromatic carbocycles. The molecular weight excluding hydrogens is 314 g/mol. The van der Waals surface area contributed by atoms with Gasteiger partial charge in [0.05, 0.1) is 11.5 Å². The lowest BCUT2D eigenvalue weighted by molar-refractivity contribution is -0.114. The van der Waals surface area contributed by atoms with E-state index in [1.54, 1.807) is 6.20 Å². The molecule has 7 heteroatoms. The fourth-order valence-electron chi connectivity index (χ4n) is 2.92. The summed E-state index contributed by atoms with van der Waals surface area (Å²) in [7, 11) is -2.87. The van der Waals surface area contributed by atoms with Crippen LogP contribution in [0.2, 0.25) is 0 Å². The van der Waals surface area contributed by atoms with Crippen molar-refractivity contribution in [2.24, 2.45) is 5.92 Å². The third kappa shape index (κ3) is 3.79. The zero-order valence-corrected chi connectivity index (χ0v) is 13.7. The Balaban J connectivity index is 1.77. The maximum Gasteiger partial charge on any atom is 0.221 e. The van der Waals surface area contributed by atoms with Crippen LogP contribution in [0.1, 0.15) is 13.3 Å². The molecule has 1 fully saturated rings. The lowest BCUT2D eigenvalue weighted by atomic mass is 10.1. The van der Waals surface area contributed by atoms with E-state index in [-0.39, 0.29) is 23.3 Å². The van der Waals surface area contributed by atoms with Crippen molar-refractivity contribution in [2.45, 2.75) is 19.9 Å². The second-order valence-electron chi connectivity index (χ2n) is 5.93. The van der Waals surface area contributed by atoms with Gasteiger partial charge < -0.3 is 9.88 Å². The van der Waals surface area contributed by atoms with Gasteiger partial charge in [-0.3, -0.25) is 4.79 Å². The lowest BCUT2D eigenvalue weighted by Crippen LogP contribution is -2.13. The number of carbonyl (C=O) groups excluding carboxylic acids is 1. The number of amides is 1. The Bertz CT molecular complexity index is 809. The SMILES string of the molecule is CC(=O)Nc1ccc(-c2nccn2CC2CCS(=O)(=O)C2)cc1. The molecule has 0 saturated carbocycles. The van der Waals surface area contributed by atoms with Crippen LogP contribution >= 0.6 is 0 Å². The maximum atomic E-state index is 11.6. The summed E-state index contributed by atoms with van der Waals surface area (Å²) in [6, 6.07) is 7.45. The quantitative estimate of drug-likeness (QED) is 0.927. The predicted octanol–water partition coefficient (Wildman–Crippen LogP) is 1.94. The van der Waals surface area contributed by atoms with Crippen LogP contribution in [0.15, 0.2) is 36.7 Å². The molecule has 3 rings (SSSR count). The summed E-state index contributed by atoms with van der Waals surface area (Å²) in [6.07, 6.45) is 4.31. The molecule has 0 bridgehead atoms. The van der Waals surface area contributed by atoms with Crippen LogP contribution in [-0.4, -0.2) is 35.4 Å². The van der Waals surface area contributed by atoms with Crippen molar-refractivity contribution in [1.29, 1.82) is 0 Å². The van der Waals surface area contributed by atoms with Crippen molar-refractivity contribution in [3.8, 4) is 11.4 Å². The number of imidazole rings is 1. The summed E-state index contributed by atoms with van der Waals surface area (Å²) < 4.78 is 25.2. The number of anilines is 1. The van der Waals surface area contributed by atoms with Crippen molar-refractivity contribution in [3.63, 3.8) is 0 Å². The van der Waals surface area contributed by atoms with E-state index in [0.717, 1.165) is 17.1 Å². The van der Waals surface area contributed by atoms with Crippen molar-refractivity contribution in [1.82, 2.24) is 9.55 Å². The van der Waals surface area contributed by atoms with Crippen molar-refractivity contribution in [2.75, 3.05) is 16.8 Å². The van der Waals surface area contributed by atoms with Crippen LogP contribution in [0.25, 0.3) is 11.4 Å². The zero-order chi connectivity index (χ0) is 16.4. The fraction of sp³-hybridized carbons (Fsp3) is 0.375. The Hall–Kier alpha value is -2.15. The summed E-state index contributed by atoms with van der Waals surface area (Å²) in [5.74, 6) is 1.39. The molecule has 122 valence electrons. The van der Waals surface area contributed by atoms with Crippen molar-refractivity contribution >= 4 is 21.4 Å². The molecule has 2 heterocycles. The van der Waals surface area contributed by atoms with Gasteiger partial charge in [-0.05, 0) is 36.6 Å². The largest absolute Gasteiger partial charge is 0.331 e. The first-order valence-corrected chi connectivity index (χ1v) is 9.35. The molecule has 2 aromatic rings. The minimum atomic E-state index is -2.87. The fourth-order valence-corrected chi connectivity index (χ4v) is 4.77. The molecule has 1 aliphatic heterocycles. The summed E-state index contributed by atoms with van der Waals surface area (Å²) in [5.41, 5.74) is 1.67. The first-order valence-electron chi connectivity index (χ1n) is 7.52. The van der Waals surface area contributed by atoms with Crippen molar-refractivity contribution < 1.29 is 13.2 Å². The maximum absolute atomic E-state index is 11.6. The number of rotatable bonds is 4. The number of hydrogen-bond donors (Lipinski definition) is 1. The van der Waals surface area contributed by atoms with Gasteiger partial charge >= 0.3 is 0 Å². The molecule has 23 heavy (non-hydrogen) atoms. The highest BCUT2D eigenvalue weighted by Gasteiger charge is 2.28. The standard InChI is InChI=1S/C16H19N3O3S/c1-12(20)18-15-4-2-14(3-5-15)16-17-7-8-19(16)10-13-6-9-23(21,22)11-13/h2-5,7-8,13H,6,9-11H2,1H3,(H,18,20). The highest BCUT2D eigenvalue weighted by molar-refractivity contribution is 7.91. The number of nitrogens with zero attached hydrogens (tertiary/aromatic N) is 2. The van der Waals surface area contributed by atoms with Crippen LogP contribution in [0.3, 0.4) is 0 Å². The predicted molar refractivity (Wildman–Crippen MR) is 88.7 cm³/mol. The lowest BCUT2D eigenvalue weighted by Gasteiger charge is -2.12. The Kier molecular flexibility index (Phi) is 4.21. The molecule has 0 spiro atoms. The molecular formula is C16H19N3O3S. The van der Waals surface area contributed by atoms with Gasteiger partial charge in [0.1, 0.15) is 5.82 Å². The summed E-state index contributed by atoms with van der Waals surface area (Å²) in [4.78, 5) is 15.4. The van der Waals surface area contributed by atoms with E-state index in [1.807, 2.05) is 35.0 Å². The van der Waals surface area contributed by atoms with E-state index in [2.05, 4.69) is 10.3 Å². The van der Waals surface area contributed by atoms with Gasteiger partial charge in [0.2, 0.25) is 5.91 Å². The van der Waals surface area contributed by atoms with E-state index in [1.165, 1.54) is 6.92 Å².